The Labute approximate surface area is 88.0 Å². The maximum atomic E-state index is 11.8. The largest absolute Gasteiger partial charge is 0.272 e. The molecule has 1 aliphatic heterocycles. The van der Waals surface area contributed by atoms with Gasteiger partial charge < -0.3 is 0 Å². The molecular weight excluding hydrogens is 194 g/mol. The van der Waals surface area contributed by atoms with E-state index in [-0.39, 0.29) is 5.91 Å². The number of nitrogens with zero attached hydrogens (tertiary/aromatic N) is 3. The molecule has 1 saturated heterocycles. The van der Waals surface area contributed by atoms with Gasteiger partial charge >= 0.3 is 0 Å². The zero-order valence-corrected chi connectivity index (χ0v) is 8.80. The van der Waals surface area contributed by atoms with Crippen molar-refractivity contribution in [2.45, 2.75) is 20.4 Å². The molecule has 0 N–H and O–H groups in total. The first-order valence-corrected chi connectivity index (χ1v) is 4.78. The molecule has 5 nitrogen and oxygen atoms in total. The Bertz CT molecular complexity index is 364. The molecule has 1 aromatic heterocycles. The monoisotopic (exact) mass is 207 g/mol. The third-order valence-electron chi connectivity index (χ3n) is 2.33. The molecular formula is C10H13N3O2. The van der Waals surface area contributed by atoms with Crippen LogP contribution in [-0.4, -0.2) is 27.5 Å². The number of hydrogen-bond donors (Lipinski definition) is 0. The maximum absolute atomic E-state index is 11.8. The Morgan fingerprint density at radius 2 is 2.13 bits per heavy atom. The van der Waals surface area contributed by atoms with Crippen molar-refractivity contribution in [3.8, 4) is 0 Å². The molecule has 0 spiro atoms. The van der Waals surface area contributed by atoms with E-state index in [9.17, 15) is 4.79 Å². The first kappa shape index (κ1) is 10.0. The Hall–Kier alpha value is -1.49. The smallest absolute Gasteiger partial charge is 0.254 e. The van der Waals surface area contributed by atoms with E-state index < -0.39 is 5.41 Å². The van der Waals surface area contributed by atoms with Crippen LogP contribution in [0, 0.1) is 5.41 Å². The van der Waals surface area contributed by atoms with E-state index in [1.807, 2.05) is 13.8 Å². The third kappa shape index (κ3) is 1.97. The Morgan fingerprint density at radius 1 is 1.47 bits per heavy atom. The van der Waals surface area contributed by atoms with Crippen LogP contribution in [-0.2, 0) is 16.2 Å². The van der Waals surface area contributed by atoms with Crippen LogP contribution in [0.15, 0.2) is 18.7 Å². The van der Waals surface area contributed by atoms with Gasteiger partial charge in [-0.25, -0.2) is 15.0 Å². The van der Waals surface area contributed by atoms with Crippen LogP contribution in [0.5, 0.6) is 0 Å². The van der Waals surface area contributed by atoms with E-state index >= 15 is 0 Å². The summed E-state index contributed by atoms with van der Waals surface area (Å²) in [5.41, 5.74) is 0.443. The van der Waals surface area contributed by atoms with Crippen molar-refractivity contribution >= 4 is 5.91 Å². The van der Waals surface area contributed by atoms with Gasteiger partial charge in [-0.15, -0.1) is 0 Å². The highest BCUT2D eigenvalue weighted by atomic mass is 16.7. The number of hydroxylamine groups is 2. The van der Waals surface area contributed by atoms with Gasteiger partial charge in [-0.2, -0.15) is 0 Å². The quantitative estimate of drug-likeness (QED) is 0.719. The average Bonchev–Trinajstić information content (AvgIpc) is 2.47. The molecule has 1 fully saturated rings. The minimum Gasteiger partial charge on any atom is -0.272 e. The third-order valence-corrected chi connectivity index (χ3v) is 2.33. The lowest BCUT2D eigenvalue weighted by Crippen LogP contribution is -2.30. The number of carbonyl (C=O) groups excluding carboxylic acids is 1. The molecule has 0 saturated carbocycles. The van der Waals surface area contributed by atoms with Gasteiger partial charge in [0, 0.05) is 18.0 Å². The van der Waals surface area contributed by atoms with E-state index in [1.54, 1.807) is 12.4 Å². The molecule has 2 heterocycles. The molecule has 0 aliphatic carbocycles. The van der Waals surface area contributed by atoms with Gasteiger partial charge in [0.05, 0.1) is 18.6 Å². The van der Waals surface area contributed by atoms with Crippen molar-refractivity contribution in [3.63, 3.8) is 0 Å². The fourth-order valence-corrected chi connectivity index (χ4v) is 1.39. The summed E-state index contributed by atoms with van der Waals surface area (Å²) in [7, 11) is 0. The maximum Gasteiger partial charge on any atom is 0.254 e. The summed E-state index contributed by atoms with van der Waals surface area (Å²) in [6.45, 7) is 4.58. The lowest BCUT2D eigenvalue weighted by molar-refractivity contribution is -0.165. The molecule has 1 amide bonds. The van der Waals surface area contributed by atoms with Crippen molar-refractivity contribution in [1.82, 2.24) is 15.0 Å². The summed E-state index contributed by atoms with van der Waals surface area (Å²) in [5, 5.41) is 1.37. The van der Waals surface area contributed by atoms with Crippen molar-refractivity contribution in [2.75, 3.05) is 6.61 Å². The van der Waals surface area contributed by atoms with Crippen LogP contribution >= 0.6 is 0 Å². The predicted octanol–water partition coefficient (Wildman–Crippen LogP) is 0.777. The van der Waals surface area contributed by atoms with Crippen molar-refractivity contribution in [2.24, 2.45) is 5.41 Å². The standard InChI is InChI=1S/C10H13N3O2/c1-10(2)6-15-13(9(10)14)5-8-3-11-7-12-4-8/h3-4,7H,5-6H2,1-2H3. The first-order valence-electron chi connectivity index (χ1n) is 4.78. The van der Waals surface area contributed by atoms with Gasteiger partial charge in [0.25, 0.3) is 5.91 Å². The number of hydrogen-bond acceptors (Lipinski definition) is 4. The second kappa shape index (κ2) is 3.58. The molecule has 1 aliphatic rings. The molecule has 2 rings (SSSR count). The van der Waals surface area contributed by atoms with Gasteiger partial charge in [-0.05, 0) is 13.8 Å². The van der Waals surface area contributed by atoms with Gasteiger partial charge in [0.15, 0.2) is 0 Å². The number of carbonyl (C=O) groups is 1. The topological polar surface area (TPSA) is 55.3 Å². The summed E-state index contributed by atoms with van der Waals surface area (Å²) in [5.74, 6) is 0.00588. The van der Waals surface area contributed by atoms with Gasteiger partial charge in [-0.3, -0.25) is 9.63 Å². The summed E-state index contributed by atoms with van der Waals surface area (Å²) < 4.78 is 0. The van der Waals surface area contributed by atoms with E-state index in [4.69, 9.17) is 4.84 Å². The van der Waals surface area contributed by atoms with Crippen LogP contribution < -0.4 is 0 Å². The van der Waals surface area contributed by atoms with E-state index in [2.05, 4.69) is 9.97 Å². The van der Waals surface area contributed by atoms with Crippen LogP contribution in [0.25, 0.3) is 0 Å². The molecule has 0 unspecified atom stereocenters. The molecule has 0 bridgehead atoms. The number of aromatic nitrogens is 2. The summed E-state index contributed by atoms with van der Waals surface area (Å²) >= 11 is 0. The van der Waals surface area contributed by atoms with Crippen molar-refractivity contribution in [3.05, 3.63) is 24.3 Å². The summed E-state index contributed by atoms with van der Waals surface area (Å²) in [6.07, 6.45) is 4.81. The summed E-state index contributed by atoms with van der Waals surface area (Å²) in [4.78, 5) is 24.9. The van der Waals surface area contributed by atoms with E-state index in [0.29, 0.717) is 13.2 Å². The predicted molar refractivity (Wildman–Crippen MR) is 52.3 cm³/mol. The molecule has 0 radical (unpaired) electrons. The second-order valence-electron chi connectivity index (χ2n) is 4.25. The molecule has 15 heavy (non-hydrogen) atoms. The molecule has 0 aromatic carbocycles. The number of amides is 1. The van der Waals surface area contributed by atoms with E-state index in [0.717, 1.165) is 5.56 Å². The molecule has 80 valence electrons. The molecule has 0 atom stereocenters. The van der Waals surface area contributed by atoms with Crippen molar-refractivity contribution < 1.29 is 9.63 Å². The zero-order chi connectivity index (χ0) is 10.9. The highest BCUT2D eigenvalue weighted by molar-refractivity contribution is 5.82. The van der Waals surface area contributed by atoms with Crippen LogP contribution in [0.2, 0.25) is 0 Å². The summed E-state index contributed by atoms with van der Waals surface area (Å²) in [6, 6.07) is 0. The lowest BCUT2D eigenvalue weighted by Gasteiger charge is -2.15. The SMILES string of the molecule is CC1(C)CON(Cc2cncnc2)C1=O. The van der Waals surface area contributed by atoms with Crippen molar-refractivity contribution in [1.29, 1.82) is 0 Å². The molecule has 5 heteroatoms. The van der Waals surface area contributed by atoms with Gasteiger partial charge in [-0.1, -0.05) is 0 Å². The van der Waals surface area contributed by atoms with Gasteiger partial charge in [0.2, 0.25) is 0 Å². The Morgan fingerprint density at radius 3 is 2.67 bits per heavy atom. The fraction of sp³-hybridized carbons (Fsp3) is 0.500. The number of rotatable bonds is 2. The fourth-order valence-electron chi connectivity index (χ4n) is 1.39. The second-order valence-corrected chi connectivity index (χ2v) is 4.25. The zero-order valence-electron chi connectivity index (χ0n) is 8.80. The normalized spacial score (nSPS) is 19.6. The lowest BCUT2D eigenvalue weighted by atomic mass is 9.95. The first-order chi connectivity index (χ1) is 7.09. The minimum absolute atomic E-state index is 0.00588. The highest BCUT2D eigenvalue weighted by Gasteiger charge is 2.40. The van der Waals surface area contributed by atoms with Crippen LogP contribution in [0.4, 0.5) is 0 Å². The Balaban J connectivity index is 2.06. The van der Waals surface area contributed by atoms with Crippen LogP contribution in [0.1, 0.15) is 19.4 Å². The average molecular weight is 207 g/mol. The van der Waals surface area contributed by atoms with Crippen LogP contribution in [0.3, 0.4) is 0 Å². The van der Waals surface area contributed by atoms with Gasteiger partial charge in [0.1, 0.15) is 6.33 Å². The Kier molecular flexibility index (Phi) is 2.40. The highest BCUT2D eigenvalue weighted by Crippen LogP contribution is 2.27. The van der Waals surface area contributed by atoms with E-state index in [1.165, 1.54) is 11.4 Å². The minimum atomic E-state index is -0.421. The molecule has 1 aromatic rings.